The van der Waals surface area contributed by atoms with Gasteiger partial charge >= 0.3 is 0 Å². The summed E-state index contributed by atoms with van der Waals surface area (Å²) < 4.78 is 0. The lowest BCUT2D eigenvalue weighted by atomic mass is 10.1. The van der Waals surface area contributed by atoms with Gasteiger partial charge in [0.05, 0.1) is 0 Å². The van der Waals surface area contributed by atoms with Gasteiger partial charge in [0.2, 0.25) is 0 Å². The Morgan fingerprint density at radius 1 is 1.55 bits per heavy atom. The molecule has 1 rings (SSSR count). The van der Waals surface area contributed by atoms with Crippen LogP contribution >= 0.6 is 0 Å². The van der Waals surface area contributed by atoms with Gasteiger partial charge in [0.1, 0.15) is 0 Å². The third-order valence-electron chi connectivity index (χ3n) is 2.01. The highest BCUT2D eigenvalue weighted by Gasteiger charge is 2.10. The van der Waals surface area contributed by atoms with Crippen molar-refractivity contribution in [3.63, 3.8) is 0 Å². The maximum absolute atomic E-state index is 3.79. The van der Waals surface area contributed by atoms with Gasteiger partial charge in [-0.25, -0.2) is 0 Å². The highest BCUT2D eigenvalue weighted by molar-refractivity contribution is 5.26. The van der Waals surface area contributed by atoms with Crippen LogP contribution in [0.25, 0.3) is 0 Å². The molecule has 1 N–H and O–H groups in total. The maximum atomic E-state index is 3.79. The average molecular weight is 152 g/mol. The Morgan fingerprint density at radius 3 is 2.73 bits per heavy atom. The zero-order chi connectivity index (χ0) is 8.27. The first kappa shape index (κ1) is 8.34. The summed E-state index contributed by atoms with van der Waals surface area (Å²) in [6, 6.07) is 0. The zero-order valence-corrected chi connectivity index (χ0v) is 7.35. The summed E-state index contributed by atoms with van der Waals surface area (Å²) in [4.78, 5) is 2.18. The van der Waals surface area contributed by atoms with Crippen molar-refractivity contribution in [2.24, 2.45) is 0 Å². The van der Waals surface area contributed by atoms with E-state index in [2.05, 4.69) is 30.9 Å². The molecule has 0 radical (unpaired) electrons. The van der Waals surface area contributed by atoms with Gasteiger partial charge in [-0.05, 0) is 5.57 Å². The monoisotopic (exact) mass is 152 g/mol. The van der Waals surface area contributed by atoms with Crippen molar-refractivity contribution >= 4 is 0 Å². The standard InChI is InChI=1S/C9H16N2/c1-4-8-7-10-6-5-9(8)11(2)3/h4,10H,1,5-7H2,2-3H3. The lowest BCUT2D eigenvalue weighted by Gasteiger charge is -2.25. The largest absolute Gasteiger partial charge is 0.381 e. The Balaban J connectivity index is 2.81. The van der Waals surface area contributed by atoms with Gasteiger partial charge < -0.3 is 10.2 Å². The molecule has 0 amide bonds. The van der Waals surface area contributed by atoms with E-state index >= 15 is 0 Å². The fourth-order valence-electron chi connectivity index (χ4n) is 1.39. The molecule has 0 aromatic rings. The van der Waals surface area contributed by atoms with E-state index in [4.69, 9.17) is 0 Å². The molecule has 0 bridgehead atoms. The average Bonchev–Trinajstić information content (AvgIpc) is 2.04. The van der Waals surface area contributed by atoms with Crippen LogP contribution in [0.3, 0.4) is 0 Å². The van der Waals surface area contributed by atoms with E-state index in [-0.39, 0.29) is 0 Å². The molecule has 0 atom stereocenters. The molecule has 0 saturated heterocycles. The Labute approximate surface area is 68.6 Å². The molecule has 0 aromatic heterocycles. The van der Waals surface area contributed by atoms with Crippen LogP contribution in [0.15, 0.2) is 23.9 Å². The summed E-state index contributed by atoms with van der Waals surface area (Å²) in [6.07, 6.45) is 3.07. The third kappa shape index (κ3) is 1.84. The molecule has 0 fully saturated rings. The van der Waals surface area contributed by atoms with Crippen LogP contribution in [-0.4, -0.2) is 32.1 Å². The minimum absolute atomic E-state index is 0.969. The fraction of sp³-hybridized carbons (Fsp3) is 0.556. The lowest BCUT2D eigenvalue weighted by Crippen LogP contribution is -2.29. The third-order valence-corrected chi connectivity index (χ3v) is 2.01. The second-order valence-electron chi connectivity index (χ2n) is 3.00. The van der Waals surface area contributed by atoms with Crippen molar-refractivity contribution in [2.75, 3.05) is 27.2 Å². The van der Waals surface area contributed by atoms with Crippen LogP contribution in [-0.2, 0) is 0 Å². The second kappa shape index (κ2) is 3.58. The fourth-order valence-corrected chi connectivity index (χ4v) is 1.39. The summed E-state index contributed by atoms with van der Waals surface area (Å²) in [6.45, 7) is 5.85. The van der Waals surface area contributed by atoms with Crippen LogP contribution in [0.4, 0.5) is 0 Å². The molecule has 1 heterocycles. The molecule has 0 saturated carbocycles. The first-order chi connectivity index (χ1) is 5.25. The van der Waals surface area contributed by atoms with Crippen molar-refractivity contribution in [3.05, 3.63) is 23.9 Å². The molecule has 11 heavy (non-hydrogen) atoms. The number of nitrogens with zero attached hydrogens (tertiary/aromatic N) is 1. The van der Waals surface area contributed by atoms with E-state index in [1.54, 1.807) is 0 Å². The molecule has 2 heteroatoms. The highest BCUT2D eigenvalue weighted by atomic mass is 15.1. The van der Waals surface area contributed by atoms with Gasteiger partial charge in [-0.15, -0.1) is 0 Å². The summed E-state index contributed by atoms with van der Waals surface area (Å²) >= 11 is 0. The second-order valence-corrected chi connectivity index (χ2v) is 3.00. The first-order valence-electron chi connectivity index (χ1n) is 3.98. The van der Waals surface area contributed by atoms with Gasteiger partial charge in [-0.1, -0.05) is 12.7 Å². The van der Waals surface area contributed by atoms with Crippen LogP contribution in [0.2, 0.25) is 0 Å². The van der Waals surface area contributed by atoms with E-state index in [1.165, 1.54) is 11.3 Å². The number of rotatable bonds is 2. The van der Waals surface area contributed by atoms with Crippen molar-refractivity contribution in [1.82, 2.24) is 10.2 Å². The van der Waals surface area contributed by atoms with Gasteiger partial charge in [-0.2, -0.15) is 0 Å². The van der Waals surface area contributed by atoms with Crippen LogP contribution in [0.5, 0.6) is 0 Å². The SMILES string of the molecule is C=CC1=C(N(C)C)CCNC1. The molecule has 0 aliphatic carbocycles. The van der Waals surface area contributed by atoms with E-state index in [1.807, 2.05) is 6.08 Å². The van der Waals surface area contributed by atoms with E-state index in [0.29, 0.717) is 0 Å². The molecule has 62 valence electrons. The van der Waals surface area contributed by atoms with Crippen LogP contribution in [0, 0.1) is 0 Å². The molecule has 1 aliphatic rings. The number of hydrogen-bond acceptors (Lipinski definition) is 2. The van der Waals surface area contributed by atoms with Gasteiger partial charge in [0.15, 0.2) is 0 Å². The van der Waals surface area contributed by atoms with E-state index in [0.717, 1.165) is 19.5 Å². The Bertz CT molecular complexity index is 180. The predicted octanol–water partition coefficient (Wildman–Crippen LogP) is 0.981. The summed E-state index contributed by atoms with van der Waals surface area (Å²) in [5, 5.41) is 3.31. The minimum Gasteiger partial charge on any atom is -0.381 e. The van der Waals surface area contributed by atoms with Crippen LogP contribution in [0.1, 0.15) is 6.42 Å². The van der Waals surface area contributed by atoms with Gasteiger partial charge in [-0.3, -0.25) is 0 Å². The molecule has 0 spiro atoms. The molecule has 0 aromatic carbocycles. The van der Waals surface area contributed by atoms with Crippen molar-refractivity contribution < 1.29 is 0 Å². The first-order valence-corrected chi connectivity index (χ1v) is 3.98. The predicted molar refractivity (Wildman–Crippen MR) is 48.4 cm³/mol. The van der Waals surface area contributed by atoms with Gasteiger partial charge in [0, 0.05) is 39.3 Å². The zero-order valence-electron chi connectivity index (χ0n) is 7.35. The number of hydrogen-bond donors (Lipinski definition) is 1. The quantitative estimate of drug-likeness (QED) is 0.634. The topological polar surface area (TPSA) is 15.3 Å². The van der Waals surface area contributed by atoms with E-state index in [9.17, 15) is 0 Å². The van der Waals surface area contributed by atoms with Crippen molar-refractivity contribution in [3.8, 4) is 0 Å². The molecule has 0 unspecified atom stereocenters. The highest BCUT2D eigenvalue weighted by Crippen LogP contribution is 2.14. The Kier molecular flexibility index (Phi) is 2.71. The molecule has 2 nitrogen and oxygen atoms in total. The van der Waals surface area contributed by atoms with Crippen molar-refractivity contribution in [1.29, 1.82) is 0 Å². The molecule has 1 aliphatic heterocycles. The van der Waals surface area contributed by atoms with Gasteiger partial charge in [0.25, 0.3) is 0 Å². The molecular formula is C9H16N2. The van der Waals surface area contributed by atoms with Crippen molar-refractivity contribution in [2.45, 2.75) is 6.42 Å². The Hall–Kier alpha value is -0.760. The van der Waals surface area contributed by atoms with E-state index < -0.39 is 0 Å². The maximum Gasteiger partial charge on any atom is 0.0222 e. The summed E-state index contributed by atoms with van der Waals surface area (Å²) in [5.41, 5.74) is 2.75. The Morgan fingerprint density at radius 2 is 2.27 bits per heavy atom. The summed E-state index contributed by atoms with van der Waals surface area (Å²) in [5.74, 6) is 0. The molecular weight excluding hydrogens is 136 g/mol. The lowest BCUT2D eigenvalue weighted by molar-refractivity contribution is 0.458. The normalized spacial score (nSPS) is 18.4. The van der Waals surface area contributed by atoms with Crippen LogP contribution < -0.4 is 5.32 Å². The summed E-state index contributed by atoms with van der Waals surface area (Å²) in [7, 11) is 4.17. The minimum atomic E-state index is 0.969. The number of nitrogens with one attached hydrogen (secondary N) is 1. The smallest absolute Gasteiger partial charge is 0.0222 e.